The summed E-state index contributed by atoms with van der Waals surface area (Å²) in [6, 6.07) is 14.2. The standard InChI is InChI=1S/C19H22FN3O3S/c20-16-8-6-15(7-9-16)14-27(25,26)23-12-10-18(11-13-23)22-19(24)21-17-4-2-1-3-5-17/h1-9,18H,10-14H2,(H2,21,22,24). The summed E-state index contributed by atoms with van der Waals surface area (Å²) < 4.78 is 39.5. The number of nitrogens with zero attached hydrogens (tertiary/aromatic N) is 1. The van der Waals surface area contributed by atoms with Gasteiger partial charge in [0.05, 0.1) is 5.75 Å². The minimum Gasteiger partial charge on any atom is -0.335 e. The Labute approximate surface area is 158 Å². The van der Waals surface area contributed by atoms with Crippen LogP contribution in [0.25, 0.3) is 0 Å². The fourth-order valence-electron chi connectivity index (χ4n) is 3.03. The number of hydrogen-bond acceptors (Lipinski definition) is 3. The van der Waals surface area contributed by atoms with Crippen LogP contribution in [-0.4, -0.2) is 37.9 Å². The predicted octanol–water partition coefficient (Wildman–Crippen LogP) is 2.94. The van der Waals surface area contributed by atoms with Crippen LogP contribution in [0.3, 0.4) is 0 Å². The normalized spacial score (nSPS) is 16.0. The largest absolute Gasteiger partial charge is 0.335 e. The zero-order valence-corrected chi connectivity index (χ0v) is 15.6. The highest BCUT2D eigenvalue weighted by molar-refractivity contribution is 7.88. The van der Waals surface area contributed by atoms with Gasteiger partial charge in [-0.15, -0.1) is 0 Å². The van der Waals surface area contributed by atoms with Gasteiger partial charge in [0.25, 0.3) is 0 Å². The molecule has 1 aliphatic heterocycles. The van der Waals surface area contributed by atoms with Crippen LogP contribution in [0.5, 0.6) is 0 Å². The molecule has 8 heteroatoms. The van der Waals surface area contributed by atoms with E-state index in [0.29, 0.717) is 37.2 Å². The fraction of sp³-hybridized carbons (Fsp3) is 0.316. The number of piperidine rings is 1. The van der Waals surface area contributed by atoms with Gasteiger partial charge in [-0.1, -0.05) is 30.3 Å². The monoisotopic (exact) mass is 391 g/mol. The van der Waals surface area contributed by atoms with E-state index in [4.69, 9.17) is 0 Å². The molecule has 144 valence electrons. The predicted molar refractivity (Wildman–Crippen MR) is 102 cm³/mol. The lowest BCUT2D eigenvalue weighted by Crippen LogP contribution is -2.47. The molecule has 0 radical (unpaired) electrons. The van der Waals surface area contributed by atoms with Crippen molar-refractivity contribution in [1.82, 2.24) is 9.62 Å². The molecule has 0 bridgehead atoms. The van der Waals surface area contributed by atoms with E-state index < -0.39 is 15.8 Å². The SMILES string of the molecule is O=C(Nc1ccccc1)NC1CCN(S(=O)(=O)Cc2ccc(F)cc2)CC1. The Morgan fingerprint density at radius 2 is 1.67 bits per heavy atom. The molecule has 0 unspecified atom stereocenters. The van der Waals surface area contributed by atoms with Gasteiger partial charge in [0, 0.05) is 24.8 Å². The van der Waals surface area contributed by atoms with Gasteiger partial charge in [-0.2, -0.15) is 0 Å². The van der Waals surface area contributed by atoms with Crippen molar-refractivity contribution >= 4 is 21.7 Å². The number of urea groups is 1. The van der Waals surface area contributed by atoms with Crippen molar-refractivity contribution in [2.75, 3.05) is 18.4 Å². The van der Waals surface area contributed by atoms with Crippen LogP contribution in [0.2, 0.25) is 0 Å². The number of rotatable bonds is 5. The first-order valence-corrected chi connectivity index (χ1v) is 10.4. The van der Waals surface area contributed by atoms with E-state index in [1.807, 2.05) is 18.2 Å². The van der Waals surface area contributed by atoms with Crippen LogP contribution in [-0.2, 0) is 15.8 Å². The van der Waals surface area contributed by atoms with Gasteiger partial charge in [0.15, 0.2) is 0 Å². The van der Waals surface area contributed by atoms with Crippen molar-refractivity contribution < 1.29 is 17.6 Å². The van der Waals surface area contributed by atoms with Crippen molar-refractivity contribution in [3.8, 4) is 0 Å². The summed E-state index contributed by atoms with van der Waals surface area (Å²) in [5.41, 5.74) is 1.26. The minimum absolute atomic E-state index is 0.0778. The van der Waals surface area contributed by atoms with E-state index in [1.54, 1.807) is 12.1 Å². The minimum atomic E-state index is -3.47. The van der Waals surface area contributed by atoms with Crippen LogP contribution >= 0.6 is 0 Å². The van der Waals surface area contributed by atoms with Gasteiger partial charge < -0.3 is 10.6 Å². The van der Waals surface area contributed by atoms with Crippen molar-refractivity contribution in [2.24, 2.45) is 0 Å². The molecule has 0 aliphatic carbocycles. The van der Waals surface area contributed by atoms with Crippen molar-refractivity contribution in [2.45, 2.75) is 24.6 Å². The van der Waals surface area contributed by atoms with Crippen LogP contribution in [0, 0.1) is 5.82 Å². The van der Waals surface area contributed by atoms with Crippen LogP contribution in [0.15, 0.2) is 54.6 Å². The third-order valence-electron chi connectivity index (χ3n) is 4.48. The third-order valence-corrected chi connectivity index (χ3v) is 6.33. The van der Waals surface area contributed by atoms with E-state index in [2.05, 4.69) is 10.6 Å². The number of benzene rings is 2. The van der Waals surface area contributed by atoms with Crippen molar-refractivity contribution in [1.29, 1.82) is 0 Å². The second kappa shape index (κ2) is 8.49. The number of anilines is 1. The van der Waals surface area contributed by atoms with Gasteiger partial charge in [-0.25, -0.2) is 21.9 Å². The quantitative estimate of drug-likeness (QED) is 0.823. The summed E-state index contributed by atoms with van der Waals surface area (Å²) in [7, 11) is -3.47. The molecule has 1 aliphatic rings. The van der Waals surface area contributed by atoms with Crippen LogP contribution in [0.1, 0.15) is 18.4 Å². The Morgan fingerprint density at radius 3 is 2.30 bits per heavy atom. The molecule has 0 saturated carbocycles. The van der Waals surface area contributed by atoms with Crippen molar-refractivity contribution in [3.05, 3.63) is 66.0 Å². The smallest absolute Gasteiger partial charge is 0.319 e. The lowest BCUT2D eigenvalue weighted by Gasteiger charge is -2.31. The molecule has 6 nitrogen and oxygen atoms in total. The maximum Gasteiger partial charge on any atom is 0.319 e. The molecule has 27 heavy (non-hydrogen) atoms. The van der Waals surface area contributed by atoms with E-state index in [-0.39, 0.29) is 17.8 Å². The molecule has 2 N–H and O–H groups in total. The molecule has 1 fully saturated rings. The van der Waals surface area contributed by atoms with E-state index >= 15 is 0 Å². The molecule has 1 saturated heterocycles. The van der Waals surface area contributed by atoms with E-state index in [1.165, 1.54) is 28.6 Å². The van der Waals surface area contributed by atoms with Crippen LogP contribution < -0.4 is 10.6 Å². The van der Waals surface area contributed by atoms with Gasteiger partial charge in [0.1, 0.15) is 5.82 Å². The Hall–Kier alpha value is -2.45. The summed E-state index contributed by atoms with van der Waals surface area (Å²) in [5.74, 6) is -0.545. The maximum atomic E-state index is 13.0. The lowest BCUT2D eigenvalue weighted by molar-refractivity contribution is 0.238. The summed E-state index contributed by atoms with van der Waals surface area (Å²) >= 11 is 0. The van der Waals surface area contributed by atoms with Gasteiger partial charge in [-0.3, -0.25) is 0 Å². The second-order valence-electron chi connectivity index (χ2n) is 6.52. The maximum absolute atomic E-state index is 13.0. The first-order valence-electron chi connectivity index (χ1n) is 8.77. The first kappa shape index (κ1) is 19.3. The molecule has 0 aromatic heterocycles. The Balaban J connectivity index is 1.49. The zero-order chi connectivity index (χ0) is 19.3. The highest BCUT2D eigenvalue weighted by Gasteiger charge is 2.28. The molecule has 0 atom stereocenters. The summed E-state index contributed by atoms with van der Waals surface area (Å²) in [5, 5.41) is 5.64. The van der Waals surface area contributed by atoms with E-state index in [9.17, 15) is 17.6 Å². The van der Waals surface area contributed by atoms with E-state index in [0.717, 1.165) is 0 Å². The number of nitrogens with one attached hydrogen (secondary N) is 2. The molecule has 2 aromatic rings. The van der Waals surface area contributed by atoms with Gasteiger partial charge in [0.2, 0.25) is 10.0 Å². The summed E-state index contributed by atoms with van der Waals surface area (Å²) in [4.78, 5) is 12.0. The van der Waals surface area contributed by atoms with Gasteiger partial charge >= 0.3 is 6.03 Å². The number of sulfonamides is 1. The molecular formula is C19H22FN3O3S. The number of carbonyl (C=O) groups excluding carboxylic acids is 1. The number of para-hydroxylation sites is 1. The average Bonchev–Trinajstić information content (AvgIpc) is 2.65. The fourth-order valence-corrected chi connectivity index (χ4v) is 4.60. The molecular weight excluding hydrogens is 369 g/mol. The third kappa shape index (κ3) is 5.51. The first-order chi connectivity index (χ1) is 12.9. The topological polar surface area (TPSA) is 78.5 Å². The number of halogens is 1. The Bertz CT molecular complexity index is 865. The zero-order valence-electron chi connectivity index (χ0n) is 14.8. The number of amides is 2. The Kier molecular flexibility index (Phi) is 6.08. The lowest BCUT2D eigenvalue weighted by atomic mass is 10.1. The molecule has 1 heterocycles. The molecule has 3 rings (SSSR count). The Morgan fingerprint density at radius 1 is 1.04 bits per heavy atom. The molecule has 0 spiro atoms. The van der Waals surface area contributed by atoms with Gasteiger partial charge in [-0.05, 0) is 42.7 Å². The highest BCUT2D eigenvalue weighted by atomic mass is 32.2. The highest BCUT2D eigenvalue weighted by Crippen LogP contribution is 2.18. The summed E-state index contributed by atoms with van der Waals surface area (Å²) in [6.45, 7) is 0.694. The van der Waals surface area contributed by atoms with Crippen LogP contribution in [0.4, 0.5) is 14.9 Å². The summed E-state index contributed by atoms with van der Waals surface area (Å²) in [6.07, 6.45) is 1.09. The second-order valence-corrected chi connectivity index (χ2v) is 8.49. The average molecular weight is 391 g/mol. The molecule has 2 aromatic carbocycles. The number of hydrogen-bond donors (Lipinski definition) is 2. The number of carbonyl (C=O) groups is 1. The molecule has 2 amide bonds. The van der Waals surface area contributed by atoms with Crippen molar-refractivity contribution in [3.63, 3.8) is 0 Å².